The number of fused-ring (bicyclic) bond motifs is 1. The van der Waals surface area contributed by atoms with Crippen LogP contribution in [0.25, 0.3) is 0 Å². The van der Waals surface area contributed by atoms with Crippen LogP contribution in [0.5, 0.6) is 5.75 Å². The van der Waals surface area contributed by atoms with Crippen molar-refractivity contribution >= 4 is 15.7 Å². The van der Waals surface area contributed by atoms with Crippen molar-refractivity contribution < 1.29 is 40.4 Å². The number of likely N-dealkylation sites (tertiary alicyclic amines) is 1. The Hall–Kier alpha value is -2.67. The summed E-state index contributed by atoms with van der Waals surface area (Å²) in [6, 6.07) is 3.27. The number of sulfone groups is 1. The second kappa shape index (κ2) is 7.66. The van der Waals surface area contributed by atoms with Crippen molar-refractivity contribution in [3.05, 3.63) is 35.5 Å². The Balaban J connectivity index is 1.41. The van der Waals surface area contributed by atoms with E-state index in [0.29, 0.717) is 18.3 Å². The van der Waals surface area contributed by atoms with Gasteiger partial charge in [-0.3, -0.25) is 4.79 Å². The molecule has 1 aliphatic heterocycles. The number of aromatic nitrogens is 2. The molecule has 190 valence electrons. The molecule has 3 fully saturated rings. The lowest BCUT2D eigenvalue weighted by Crippen LogP contribution is -2.35. The molecule has 3 unspecified atom stereocenters. The van der Waals surface area contributed by atoms with Crippen molar-refractivity contribution in [1.82, 2.24) is 15.0 Å². The van der Waals surface area contributed by atoms with Gasteiger partial charge in [-0.15, -0.1) is 0 Å². The molecule has 2 heterocycles. The Kier molecular flexibility index (Phi) is 5.26. The van der Waals surface area contributed by atoms with Crippen LogP contribution in [0.15, 0.2) is 27.6 Å². The maximum atomic E-state index is 13.4. The smallest absolute Gasteiger partial charge is 0.425 e. The van der Waals surface area contributed by atoms with E-state index in [1.165, 1.54) is 4.90 Å². The molecule has 2 aromatic rings. The fraction of sp³-hybridized carbons (Fsp3) is 0.591. The number of alkyl halides is 3. The number of hydrogen-bond donors (Lipinski definition) is 0. The molecule has 0 spiro atoms. The van der Waals surface area contributed by atoms with Gasteiger partial charge in [-0.1, -0.05) is 5.16 Å². The minimum Gasteiger partial charge on any atom is -0.480 e. The summed E-state index contributed by atoms with van der Waals surface area (Å²) in [4.78, 5) is 19.2. The van der Waals surface area contributed by atoms with Gasteiger partial charge in [-0.25, -0.2) is 8.42 Å². The number of nitrogens with zero attached hydrogens (tertiary/aromatic N) is 3. The molecular weight excluding hydrogens is 491 g/mol. The summed E-state index contributed by atoms with van der Waals surface area (Å²) in [5.74, 6) is -0.0167. The van der Waals surface area contributed by atoms with E-state index < -0.39 is 39.0 Å². The van der Waals surface area contributed by atoms with Crippen LogP contribution in [0.2, 0.25) is 0 Å². The molecule has 0 radical (unpaired) electrons. The number of ether oxygens (including phenoxy) is 2. The number of carbonyl (C=O) groups is 1. The molecule has 5 rings (SSSR count). The van der Waals surface area contributed by atoms with Crippen molar-refractivity contribution in [3.63, 3.8) is 0 Å². The molecule has 0 bridgehead atoms. The second-order valence-corrected chi connectivity index (χ2v) is 11.6. The molecular formula is C22H24F3N3O6S. The van der Waals surface area contributed by atoms with Gasteiger partial charge in [-0.2, -0.15) is 18.2 Å². The summed E-state index contributed by atoms with van der Waals surface area (Å²) in [5, 5.41) is 4.13. The number of hydrogen-bond acceptors (Lipinski definition) is 8. The van der Waals surface area contributed by atoms with Gasteiger partial charge < -0.3 is 18.9 Å². The van der Waals surface area contributed by atoms with Crippen LogP contribution in [-0.4, -0.2) is 68.1 Å². The number of rotatable bonds is 7. The Morgan fingerprint density at radius 1 is 1.31 bits per heavy atom. The molecule has 0 N–H and O–H groups in total. The third-order valence-electron chi connectivity index (χ3n) is 7.16. The maximum absolute atomic E-state index is 13.4. The average Bonchev–Trinajstić information content (AvgIpc) is 3.62. The average molecular weight is 516 g/mol. The Morgan fingerprint density at radius 3 is 2.63 bits per heavy atom. The zero-order valence-corrected chi connectivity index (χ0v) is 20.1. The lowest BCUT2D eigenvalue weighted by atomic mass is 10.1. The SMILES string of the molecule is COC1(c2nc(C34CC3CN(C(=O)c3cc(S(C)(=O)=O)ccc3OC(C)C(F)(F)F)C4)no2)CC1. The first-order valence-corrected chi connectivity index (χ1v) is 12.9. The summed E-state index contributed by atoms with van der Waals surface area (Å²) in [6.07, 6.45) is -3.59. The molecule has 1 amide bonds. The Morgan fingerprint density at radius 2 is 2.03 bits per heavy atom. The van der Waals surface area contributed by atoms with Gasteiger partial charge in [0.1, 0.15) is 11.4 Å². The van der Waals surface area contributed by atoms with Gasteiger partial charge >= 0.3 is 6.18 Å². The standard InChI is InChI=1S/C22H24F3N3O6S/c1-12(22(23,24)25)33-16-5-4-14(35(3,30)31)8-15(16)17(29)28-10-13-9-20(13,11-28)18-26-19(34-27-18)21(32-2)6-7-21/h4-5,8,12-13H,6-7,9-11H2,1-3H3. The Bertz CT molecular complexity index is 1290. The van der Waals surface area contributed by atoms with Crippen LogP contribution < -0.4 is 4.74 Å². The number of piperidine rings is 1. The minimum atomic E-state index is -4.66. The third kappa shape index (κ3) is 4.07. The quantitative estimate of drug-likeness (QED) is 0.554. The normalized spacial score (nSPS) is 25.8. The number of halogens is 3. The van der Waals surface area contributed by atoms with Crippen LogP contribution in [0, 0.1) is 5.92 Å². The number of carbonyl (C=O) groups excluding carboxylic acids is 1. The van der Waals surface area contributed by atoms with Crippen molar-refractivity contribution in [2.45, 2.75) is 54.4 Å². The van der Waals surface area contributed by atoms with E-state index in [2.05, 4.69) is 10.1 Å². The minimum absolute atomic E-state index is 0.0613. The first kappa shape index (κ1) is 24.0. The van der Waals surface area contributed by atoms with Crippen LogP contribution in [-0.2, 0) is 25.6 Å². The van der Waals surface area contributed by atoms with Crippen molar-refractivity contribution in [2.24, 2.45) is 5.92 Å². The van der Waals surface area contributed by atoms with Crippen molar-refractivity contribution in [1.29, 1.82) is 0 Å². The highest BCUT2D eigenvalue weighted by Gasteiger charge is 2.65. The molecule has 2 saturated carbocycles. The van der Waals surface area contributed by atoms with E-state index >= 15 is 0 Å². The first-order valence-electron chi connectivity index (χ1n) is 11.1. The lowest BCUT2D eigenvalue weighted by Gasteiger charge is -2.24. The van der Waals surface area contributed by atoms with Gasteiger partial charge in [-0.05, 0) is 50.3 Å². The third-order valence-corrected chi connectivity index (χ3v) is 8.27. The lowest BCUT2D eigenvalue weighted by molar-refractivity contribution is -0.189. The van der Waals surface area contributed by atoms with Crippen molar-refractivity contribution in [2.75, 3.05) is 26.5 Å². The maximum Gasteiger partial charge on any atom is 0.425 e. The first-order chi connectivity index (χ1) is 16.3. The molecule has 3 atom stereocenters. The summed E-state index contributed by atoms with van der Waals surface area (Å²) in [5.41, 5.74) is -1.30. The molecule has 9 nitrogen and oxygen atoms in total. The molecule has 13 heteroatoms. The summed E-state index contributed by atoms with van der Waals surface area (Å²) >= 11 is 0. The monoisotopic (exact) mass is 515 g/mol. The van der Waals surface area contributed by atoms with Crippen LogP contribution in [0.4, 0.5) is 13.2 Å². The summed E-state index contributed by atoms with van der Waals surface area (Å²) < 4.78 is 79.4. The molecule has 1 aromatic heterocycles. The van der Waals surface area contributed by atoms with Crippen molar-refractivity contribution in [3.8, 4) is 5.75 Å². The largest absolute Gasteiger partial charge is 0.480 e. The number of methoxy groups -OCH3 is 1. The van der Waals surface area contributed by atoms with Crippen LogP contribution >= 0.6 is 0 Å². The van der Waals surface area contributed by atoms with Crippen LogP contribution in [0.1, 0.15) is 48.3 Å². The van der Waals surface area contributed by atoms with E-state index in [0.717, 1.165) is 50.6 Å². The zero-order valence-electron chi connectivity index (χ0n) is 19.3. The highest BCUT2D eigenvalue weighted by Crippen LogP contribution is 2.59. The number of benzene rings is 1. The highest BCUT2D eigenvalue weighted by molar-refractivity contribution is 7.90. The van der Waals surface area contributed by atoms with E-state index in [1.807, 2.05) is 0 Å². The summed E-state index contributed by atoms with van der Waals surface area (Å²) in [7, 11) is -2.14. The Labute approximate surface area is 199 Å². The predicted molar refractivity (Wildman–Crippen MR) is 114 cm³/mol. The fourth-order valence-electron chi connectivity index (χ4n) is 4.65. The van der Waals surface area contributed by atoms with E-state index in [1.54, 1.807) is 7.11 Å². The van der Waals surface area contributed by atoms with Crippen LogP contribution in [0.3, 0.4) is 0 Å². The van der Waals surface area contributed by atoms with Gasteiger partial charge in [0.15, 0.2) is 21.8 Å². The molecule has 1 aromatic carbocycles. The van der Waals surface area contributed by atoms with Gasteiger partial charge in [0, 0.05) is 26.5 Å². The summed E-state index contributed by atoms with van der Waals surface area (Å²) in [6.45, 7) is 1.38. The highest BCUT2D eigenvalue weighted by atomic mass is 32.2. The molecule has 3 aliphatic rings. The fourth-order valence-corrected chi connectivity index (χ4v) is 5.30. The van der Waals surface area contributed by atoms with Gasteiger partial charge in [0.05, 0.1) is 15.9 Å². The molecule has 35 heavy (non-hydrogen) atoms. The number of amides is 1. The van der Waals surface area contributed by atoms with Gasteiger partial charge in [0.2, 0.25) is 0 Å². The van der Waals surface area contributed by atoms with E-state index in [4.69, 9.17) is 14.0 Å². The van der Waals surface area contributed by atoms with E-state index in [9.17, 15) is 26.4 Å². The zero-order chi connectivity index (χ0) is 25.4. The molecule has 1 saturated heterocycles. The second-order valence-electron chi connectivity index (χ2n) is 9.60. The topological polar surface area (TPSA) is 112 Å². The van der Waals surface area contributed by atoms with E-state index in [-0.39, 0.29) is 28.7 Å². The van der Waals surface area contributed by atoms with Gasteiger partial charge in [0.25, 0.3) is 11.8 Å². The molecule has 2 aliphatic carbocycles. The predicted octanol–water partition coefficient (Wildman–Crippen LogP) is 2.85.